The largest absolute Gasteiger partial charge is 0.0829 e. The van der Waals surface area contributed by atoms with Crippen molar-refractivity contribution in [3.8, 4) is 0 Å². The summed E-state index contributed by atoms with van der Waals surface area (Å²) in [5, 5.41) is 6.59. The van der Waals surface area contributed by atoms with Crippen molar-refractivity contribution in [2.24, 2.45) is 0 Å². The van der Waals surface area contributed by atoms with Crippen LogP contribution in [0.5, 0.6) is 0 Å². The summed E-state index contributed by atoms with van der Waals surface area (Å²) in [6.45, 7) is 0. The molecule has 4 aromatic rings. The second-order valence-electron chi connectivity index (χ2n) is 5.38. The Balaban J connectivity index is 2.34. The molecule has 24 heavy (non-hydrogen) atoms. The molecule has 0 aliphatic heterocycles. The number of hydrogen-bond acceptors (Lipinski definition) is 0. The summed E-state index contributed by atoms with van der Waals surface area (Å²) < 4.78 is 0. The normalized spacial score (nSPS) is 11.8. The second-order valence-corrected chi connectivity index (χ2v) is 7.65. The van der Waals surface area contributed by atoms with E-state index in [0.29, 0.717) is 31.2 Å². The zero-order chi connectivity index (χ0) is 17.2. The third-order valence-corrected chi connectivity index (χ3v) is 6.65. The van der Waals surface area contributed by atoms with Gasteiger partial charge in [0.25, 0.3) is 0 Å². The molecule has 0 heterocycles. The number of rotatable bonds is 0. The SMILES string of the molecule is Clc1c(Cl)c(Cl)c2c(Cl)c3c(Cl)c4ccccc4cc3cc2c1Cl. The van der Waals surface area contributed by atoms with E-state index in [1.54, 1.807) is 0 Å². The van der Waals surface area contributed by atoms with Gasteiger partial charge < -0.3 is 0 Å². The molecule has 0 atom stereocenters. The van der Waals surface area contributed by atoms with Crippen LogP contribution in [-0.4, -0.2) is 0 Å². The van der Waals surface area contributed by atoms with Crippen LogP contribution in [0.25, 0.3) is 32.3 Å². The minimum Gasteiger partial charge on any atom is -0.0829 e. The predicted octanol–water partition coefficient (Wildman–Crippen LogP) is 9.07. The first-order valence-electron chi connectivity index (χ1n) is 6.87. The van der Waals surface area contributed by atoms with Gasteiger partial charge in [-0.05, 0) is 22.9 Å². The van der Waals surface area contributed by atoms with Crippen molar-refractivity contribution in [2.75, 3.05) is 0 Å². The number of benzene rings is 4. The lowest BCUT2D eigenvalue weighted by Gasteiger charge is -2.14. The van der Waals surface area contributed by atoms with E-state index >= 15 is 0 Å². The highest BCUT2D eigenvalue weighted by Gasteiger charge is 2.20. The highest BCUT2D eigenvalue weighted by molar-refractivity contribution is 6.58. The Morgan fingerprint density at radius 3 is 1.88 bits per heavy atom. The Labute approximate surface area is 167 Å². The van der Waals surface area contributed by atoms with Crippen LogP contribution in [0.2, 0.25) is 30.1 Å². The molecule has 0 spiro atoms. The van der Waals surface area contributed by atoms with Crippen LogP contribution in [0.4, 0.5) is 0 Å². The molecule has 0 radical (unpaired) electrons. The molecule has 0 bridgehead atoms. The minimum atomic E-state index is 0.175. The van der Waals surface area contributed by atoms with Crippen LogP contribution in [0.1, 0.15) is 0 Å². The molecule has 0 fully saturated rings. The fourth-order valence-corrected chi connectivity index (χ4v) is 4.83. The second kappa shape index (κ2) is 5.99. The first-order chi connectivity index (χ1) is 11.4. The lowest BCUT2D eigenvalue weighted by Crippen LogP contribution is -1.87. The standard InChI is InChI=1S/C18H6Cl6/c19-13-9-4-2-1-3-7(9)5-8-6-10-12(15(21)11(8)13)16(22)18(24)17(23)14(10)20/h1-6H. The molecule has 0 nitrogen and oxygen atoms in total. The molecular formula is C18H6Cl6. The van der Waals surface area contributed by atoms with Gasteiger partial charge in [-0.1, -0.05) is 93.9 Å². The van der Waals surface area contributed by atoms with Crippen LogP contribution < -0.4 is 0 Å². The summed E-state index contributed by atoms with van der Waals surface area (Å²) >= 11 is 38.4. The minimum absolute atomic E-state index is 0.175. The smallest absolute Gasteiger partial charge is 0.0800 e. The first kappa shape index (κ1) is 16.8. The zero-order valence-corrected chi connectivity index (χ0v) is 16.3. The molecule has 6 heteroatoms. The van der Waals surface area contributed by atoms with Gasteiger partial charge in [-0.25, -0.2) is 0 Å². The van der Waals surface area contributed by atoms with Gasteiger partial charge in [-0.15, -0.1) is 0 Å². The van der Waals surface area contributed by atoms with E-state index < -0.39 is 0 Å². The zero-order valence-electron chi connectivity index (χ0n) is 11.7. The molecule has 0 amide bonds. The summed E-state index contributed by atoms with van der Waals surface area (Å²) in [7, 11) is 0. The molecule has 0 aliphatic rings. The number of hydrogen-bond donors (Lipinski definition) is 0. The van der Waals surface area contributed by atoms with Crippen LogP contribution in [0, 0.1) is 0 Å². The average molecular weight is 435 g/mol. The van der Waals surface area contributed by atoms with Crippen molar-refractivity contribution in [1.29, 1.82) is 0 Å². The van der Waals surface area contributed by atoms with Crippen molar-refractivity contribution < 1.29 is 0 Å². The maximum atomic E-state index is 6.65. The molecule has 0 saturated carbocycles. The third-order valence-electron chi connectivity index (χ3n) is 4.06. The Morgan fingerprint density at radius 1 is 0.458 bits per heavy atom. The Morgan fingerprint density at radius 2 is 1.12 bits per heavy atom. The van der Waals surface area contributed by atoms with Crippen molar-refractivity contribution in [2.45, 2.75) is 0 Å². The number of fused-ring (bicyclic) bond motifs is 3. The summed E-state index contributed by atoms with van der Waals surface area (Å²) in [6, 6.07) is 11.7. The van der Waals surface area contributed by atoms with E-state index in [2.05, 4.69) is 0 Å². The van der Waals surface area contributed by atoms with Gasteiger partial charge >= 0.3 is 0 Å². The van der Waals surface area contributed by atoms with Crippen molar-refractivity contribution in [3.63, 3.8) is 0 Å². The van der Waals surface area contributed by atoms with Crippen LogP contribution in [0.3, 0.4) is 0 Å². The Hall–Kier alpha value is -0.600. The van der Waals surface area contributed by atoms with Crippen molar-refractivity contribution >= 4 is 102 Å². The fraction of sp³-hybridized carbons (Fsp3) is 0. The molecular weight excluding hydrogens is 429 g/mol. The molecule has 0 aromatic heterocycles. The van der Waals surface area contributed by atoms with E-state index in [-0.39, 0.29) is 15.1 Å². The van der Waals surface area contributed by atoms with Gasteiger partial charge in [-0.2, -0.15) is 0 Å². The molecule has 0 N–H and O–H groups in total. The summed E-state index contributed by atoms with van der Waals surface area (Å²) in [4.78, 5) is 0. The Kier molecular flexibility index (Phi) is 4.20. The monoisotopic (exact) mass is 432 g/mol. The van der Waals surface area contributed by atoms with Crippen LogP contribution >= 0.6 is 69.6 Å². The quantitative estimate of drug-likeness (QED) is 0.147. The molecule has 4 rings (SSSR count). The van der Waals surface area contributed by atoms with Crippen LogP contribution in [0.15, 0.2) is 36.4 Å². The number of halogens is 6. The Bertz CT molecular complexity index is 1160. The van der Waals surface area contributed by atoms with Gasteiger partial charge in [0, 0.05) is 21.5 Å². The lowest BCUT2D eigenvalue weighted by molar-refractivity contribution is 1.76. The summed E-state index contributed by atoms with van der Waals surface area (Å²) in [6.07, 6.45) is 0. The van der Waals surface area contributed by atoms with E-state index in [0.717, 1.165) is 16.2 Å². The topological polar surface area (TPSA) is 0 Å². The molecule has 120 valence electrons. The van der Waals surface area contributed by atoms with E-state index in [9.17, 15) is 0 Å². The van der Waals surface area contributed by atoms with Crippen LogP contribution in [-0.2, 0) is 0 Å². The summed E-state index contributed by atoms with van der Waals surface area (Å²) in [5.74, 6) is 0. The maximum absolute atomic E-state index is 6.65. The van der Waals surface area contributed by atoms with Gasteiger partial charge in [-0.3, -0.25) is 0 Å². The van der Waals surface area contributed by atoms with Gasteiger partial charge in [0.15, 0.2) is 0 Å². The van der Waals surface area contributed by atoms with E-state index in [1.165, 1.54) is 0 Å². The average Bonchev–Trinajstić information content (AvgIpc) is 2.57. The van der Waals surface area contributed by atoms with Crippen molar-refractivity contribution in [3.05, 3.63) is 66.5 Å². The highest BCUT2D eigenvalue weighted by atomic mass is 35.5. The third kappa shape index (κ3) is 2.29. The van der Waals surface area contributed by atoms with E-state index in [1.807, 2.05) is 36.4 Å². The maximum Gasteiger partial charge on any atom is 0.0800 e. The predicted molar refractivity (Wildman–Crippen MR) is 109 cm³/mol. The molecule has 0 saturated heterocycles. The van der Waals surface area contributed by atoms with Crippen molar-refractivity contribution in [1.82, 2.24) is 0 Å². The molecule has 0 aliphatic carbocycles. The molecule has 0 unspecified atom stereocenters. The highest BCUT2D eigenvalue weighted by Crippen LogP contribution is 2.49. The van der Waals surface area contributed by atoms with Gasteiger partial charge in [0.05, 0.1) is 30.1 Å². The molecule has 4 aromatic carbocycles. The summed E-state index contributed by atoms with van der Waals surface area (Å²) in [5.41, 5.74) is 0. The van der Waals surface area contributed by atoms with E-state index in [4.69, 9.17) is 69.6 Å². The lowest BCUT2D eigenvalue weighted by atomic mass is 9.99. The van der Waals surface area contributed by atoms with Gasteiger partial charge in [0.2, 0.25) is 0 Å². The first-order valence-corrected chi connectivity index (χ1v) is 9.13. The fourth-order valence-electron chi connectivity index (χ4n) is 2.94. The van der Waals surface area contributed by atoms with Gasteiger partial charge in [0.1, 0.15) is 0 Å².